The Labute approximate surface area is 140 Å². The van der Waals surface area contributed by atoms with Crippen molar-refractivity contribution in [2.45, 2.75) is 0 Å². The highest BCUT2D eigenvalue weighted by atomic mass is 19.1. The Kier molecular flexibility index (Phi) is 4.29. The van der Waals surface area contributed by atoms with Gasteiger partial charge in [-0.05, 0) is 12.1 Å². The number of nitro groups is 1. The molecule has 3 rings (SSSR count). The minimum absolute atomic E-state index is 0.102. The molecule has 0 saturated carbocycles. The molecule has 0 amide bonds. The molecule has 128 valence electrons. The highest BCUT2D eigenvalue weighted by Gasteiger charge is 2.22. The van der Waals surface area contributed by atoms with Crippen molar-refractivity contribution in [1.82, 2.24) is 9.78 Å². The van der Waals surface area contributed by atoms with Gasteiger partial charge in [0.05, 0.1) is 30.1 Å². The third-order valence-electron chi connectivity index (χ3n) is 3.42. The van der Waals surface area contributed by atoms with Crippen molar-refractivity contribution in [3.63, 3.8) is 0 Å². The molecule has 0 aliphatic rings. The number of hydrogen-bond acceptors (Lipinski definition) is 5. The summed E-state index contributed by atoms with van der Waals surface area (Å²) in [5, 5.41) is 17.8. The minimum atomic E-state index is -1.03. The normalized spacial score (nSPS) is 10.5. The van der Waals surface area contributed by atoms with Gasteiger partial charge in [-0.1, -0.05) is 12.1 Å². The summed E-state index contributed by atoms with van der Waals surface area (Å²) in [5.74, 6) is -1.39. The van der Waals surface area contributed by atoms with Gasteiger partial charge in [0.15, 0.2) is 0 Å². The number of halogens is 2. The number of methoxy groups -OCH3 is 1. The SMILES string of the molecule is COc1cc(F)c([N+](=O)[O-])c(Nc2cnn(-c3ccccc3F)c2)c1. The summed E-state index contributed by atoms with van der Waals surface area (Å²) < 4.78 is 33.9. The summed E-state index contributed by atoms with van der Waals surface area (Å²) >= 11 is 0. The molecule has 1 N–H and O–H groups in total. The predicted molar refractivity (Wildman–Crippen MR) is 86.4 cm³/mol. The number of nitro benzene ring substituents is 1. The molecule has 0 fully saturated rings. The molecule has 9 heteroatoms. The van der Waals surface area contributed by atoms with E-state index in [0.717, 1.165) is 6.07 Å². The largest absolute Gasteiger partial charge is 0.497 e. The molecule has 25 heavy (non-hydrogen) atoms. The lowest BCUT2D eigenvalue weighted by atomic mass is 10.2. The van der Waals surface area contributed by atoms with Crippen molar-refractivity contribution in [3.05, 3.63) is 70.5 Å². The molecule has 3 aromatic rings. The number of benzene rings is 2. The maximum Gasteiger partial charge on any atom is 0.328 e. The van der Waals surface area contributed by atoms with Gasteiger partial charge in [0.25, 0.3) is 0 Å². The summed E-state index contributed by atoms with van der Waals surface area (Å²) in [7, 11) is 1.32. The first kappa shape index (κ1) is 16.4. The van der Waals surface area contributed by atoms with E-state index in [4.69, 9.17) is 4.74 Å². The maximum atomic E-state index is 13.9. The van der Waals surface area contributed by atoms with Gasteiger partial charge in [0.1, 0.15) is 22.9 Å². The zero-order valence-electron chi connectivity index (χ0n) is 12.9. The Hall–Kier alpha value is -3.49. The third-order valence-corrected chi connectivity index (χ3v) is 3.42. The van der Waals surface area contributed by atoms with Gasteiger partial charge < -0.3 is 10.1 Å². The smallest absolute Gasteiger partial charge is 0.328 e. The predicted octanol–water partition coefficient (Wildman–Crippen LogP) is 3.81. The molecular formula is C16H12F2N4O3. The van der Waals surface area contributed by atoms with Gasteiger partial charge in [0, 0.05) is 12.1 Å². The Morgan fingerprint density at radius 1 is 1.24 bits per heavy atom. The lowest BCUT2D eigenvalue weighted by molar-refractivity contribution is -0.386. The van der Waals surface area contributed by atoms with Crippen molar-refractivity contribution >= 4 is 17.1 Å². The molecule has 2 aromatic carbocycles. The Morgan fingerprint density at radius 2 is 2.00 bits per heavy atom. The highest BCUT2D eigenvalue weighted by Crippen LogP contribution is 2.34. The molecule has 0 atom stereocenters. The molecule has 1 heterocycles. The average Bonchev–Trinajstić information content (AvgIpc) is 3.02. The molecule has 0 unspecified atom stereocenters. The Balaban J connectivity index is 1.97. The van der Waals surface area contributed by atoms with E-state index < -0.39 is 22.2 Å². The standard InChI is InChI=1S/C16H12F2N4O3/c1-25-11-6-13(18)16(22(23)24)14(7-11)20-10-8-19-21(9-10)15-5-3-2-4-12(15)17/h2-9,20H,1H3. The van der Waals surface area contributed by atoms with Crippen molar-refractivity contribution in [3.8, 4) is 11.4 Å². The van der Waals surface area contributed by atoms with Gasteiger partial charge in [-0.3, -0.25) is 10.1 Å². The Morgan fingerprint density at radius 3 is 2.68 bits per heavy atom. The van der Waals surface area contributed by atoms with E-state index in [1.165, 1.54) is 42.4 Å². The van der Waals surface area contributed by atoms with E-state index in [1.54, 1.807) is 12.1 Å². The zero-order chi connectivity index (χ0) is 18.0. The van der Waals surface area contributed by atoms with Crippen molar-refractivity contribution in [2.24, 2.45) is 0 Å². The Bertz CT molecular complexity index is 943. The lowest BCUT2D eigenvalue weighted by Gasteiger charge is -2.08. The van der Waals surface area contributed by atoms with Crippen LogP contribution in [0, 0.1) is 21.7 Å². The minimum Gasteiger partial charge on any atom is -0.497 e. The van der Waals surface area contributed by atoms with Gasteiger partial charge in [0.2, 0.25) is 5.82 Å². The van der Waals surface area contributed by atoms with E-state index in [0.29, 0.717) is 5.69 Å². The van der Waals surface area contributed by atoms with E-state index in [2.05, 4.69) is 10.4 Å². The quantitative estimate of drug-likeness (QED) is 0.561. The second-order valence-corrected chi connectivity index (χ2v) is 5.01. The molecular weight excluding hydrogens is 334 g/mol. The van der Waals surface area contributed by atoms with Crippen LogP contribution in [0.3, 0.4) is 0 Å². The molecule has 1 aromatic heterocycles. The van der Waals surface area contributed by atoms with Crippen LogP contribution in [0.4, 0.5) is 25.8 Å². The van der Waals surface area contributed by atoms with Gasteiger partial charge in [-0.15, -0.1) is 0 Å². The number of nitrogens with one attached hydrogen (secondary N) is 1. The van der Waals surface area contributed by atoms with Crippen molar-refractivity contribution in [2.75, 3.05) is 12.4 Å². The van der Waals surface area contributed by atoms with E-state index in [-0.39, 0.29) is 17.1 Å². The first-order valence-corrected chi connectivity index (χ1v) is 7.08. The maximum absolute atomic E-state index is 13.9. The fourth-order valence-electron chi connectivity index (χ4n) is 2.29. The molecule has 0 radical (unpaired) electrons. The fraction of sp³-hybridized carbons (Fsp3) is 0.0625. The lowest BCUT2D eigenvalue weighted by Crippen LogP contribution is -2.01. The number of aromatic nitrogens is 2. The van der Waals surface area contributed by atoms with E-state index in [1.807, 2.05) is 0 Å². The van der Waals surface area contributed by atoms with E-state index >= 15 is 0 Å². The second kappa shape index (κ2) is 6.56. The van der Waals surface area contributed by atoms with Gasteiger partial charge in [-0.2, -0.15) is 9.49 Å². The molecule has 0 aliphatic carbocycles. The molecule has 0 saturated heterocycles. The molecule has 0 bridgehead atoms. The number of anilines is 2. The summed E-state index contributed by atoms with van der Waals surface area (Å²) in [5.41, 5.74) is -0.296. The summed E-state index contributed by atoms with van der Waals surface area (Å²) in [6.45, 7) is 0. The average molecular weight is 346 g/mol. The van der Waals surface area contributed by atoms with Crippen LogP contribution in [-0.4, -0.2) is 21.8 Å². The topological polar surface area (TPSA) is 82.2 Å². The van der Waals surface area contributed by atoms with Crippen molar-refractivity contribution in [1.29, 1.82) is 0 Å². The number of nitrogens with zero attached hydrogens (tertiary/aromatic N) is 3. The first-order chi connectivity index (χ1) is 12.0. The van der Waals surface area contributed by atoms with Crippen LogP contribution in [0.5, 0.6) is 5.75 Å². The van der Waals surface area contributed by atoms with Gasteiger partial charge >= 0.3 is 5.69 Å². The summed E-state index contributed by atoms with van der Waals surface area (Å²) in [6, 6.07) is 8.22. The number of ether oxygens (including phenoxy) is 1. The second-order valence-electron chi connectivity index (χ2n) is 5.01. The van der Waals surface area contributed by atoms with Gasteiger partial charge in [-0.25, -0.2) is 9.07 Å². The van der Waals surface area contributed by atoms with Crippen LogP contribution in [0.25, 0.3) is 5.69 Å². The van der Waals surface area contributed by atoms with Crippen LogP contribution in [0.2, 0.25) is 0 Å². The van der Waals surface area contributed by atoms with E-state index in [9.17, 15) is 18.9 Å². The summed E-state index contributed by atoms with van der Waals surface area (Å²) in [4.78, 5) is 10.3. The monoisotopic (exact) mass is 346 g/mol. The van der Waals surface area contributed by atoms with Crippen LogP contribution in [-0.2, 0) is 0 Å². The highest BCUT2D eigenvalue weighted by molar-refractivity contribution is 5.71. The van der Waals surface area contributed by atoms with Crippen LogP contribution < -0.4 is 10.1 Å². The fourth-order valence-corrected chi connectivity index (χ4v) is 2.29. The number of para-hydroxylation sites is 1. The zero-order valence-corrected chi connectivity index (χ0v) is 12.9. The van der Waals surface area contributed by atoms with Crippen LogP contribution >= 0.6 is 0 Å². The van der Waals surface area contributed by atoms with Crippen LogP contribution in [0.1, 0.15) is 0 Å². The molecule has 7 nitrogen and oxygen atoms in total. The first-order valence-electron chi connectivity index (χ1n) is 7.08. The van der Waals surface area contributed by atoms with Crippen molar-refractivity contribution < 1.29 is 18.4 Å². The summed E-state index contributed by atoms with van der Waals surface area (Å²) in [6.07, 6.45) is 2.77. The number of rotatable bonds is 5. The van der Waals surface area contributed by atoms with Crippen LogP contribution in [0.15, 0.2) is 48.8 Å². The molecule has 0 aliphatic heterocycles. The molecule has 0 spiro atoms. The number of hydrogen-bond donors (Lipinski definition) is 1. The third kappa shape index (κ3) is 3.25.